The number of hydrogen-bond acceptors (Lipinski definition) is 2. The molecule has 2 nitrogen and oxygen atoms in total. The first-order valence-corrected chi connectivity index (χ1v) is 30.3. The largest absolute Gasteiger partial charge is 0.333 e. The van der Waals surface area contributed by atoms with Crippen molar-refractivity contribution in [1.82, 2.24) is 0 Å². The van der Waals surface area contributed by atoms with Crippen molar-refractivity contribution in [1.29, 1.82) is 0 Å². The second-order valence-corrected chi connectivity index (χ2v) is 24.3. The molecule has 0 saturated carbocycles. The second-order valence-electron chi connectivity index (χ2n) is 24.3. The number of anilines is 4. The molecule has 2 heterocycles. The molecule has 9 aromatic carbocycles. The number of para-hydroxylation sites is 3. The molecule has 17 rings (SSSR count). The molecule has 0 N–H and O–H groups in total. The Balaban J connectivity index is 0.779. The molecule has 1 spiro atoms. The Morgan fingerprint density at radius 2 is 0.917 bits per heavy atom. The van der Waals surface area contributed by atoms with E-state index in [2.05, 4.69) is 302 Å². The molecule has 0 amide bonds. The highest BCUT2D eigenvalue weighted by molar-refractivity contribution is 6.00. The molecule has 0 saturated heterocycles. The highest BCUT2D eigenvalue weighted by Gasteiger charge is 2.55. The van der Waals surface area contributed by atoms with Crippen LogP contribution in [0.5, 0.6) is 0 Å². The molecule has 0 aromatic heterocycles. The summed E-state index contributed by atoms with van der Waals surface area (Å²) in [6.45, 7) is 2.40. The van der Waals surface area contributed by atoms with Crippen molar-refractivity contribution < 1.29 is 0 Å². The summed E-state index contributed by atoms with van der Waals surface area (Å²) in [5.74, 6) is 0.700. The van der Waals surface area contributed by atoms with Crippen molar-refractivity contribution in [3.05, 3.63) is 338 Å². The molecule has 2 aliphatic heterocycles. The Morgan fingerprint density at radius 3 is 1.63 bits per heavy atom. The lowest BCUT2D eigenvalue weighted by Gasteiger charge is -2.41. The van der Waals surface area contributed by atoms with Gasteiger partial charge in [0.1, 0.15) is 0 Å². The lowest BCUT2D eigenvalue weighted by atomic mass is 9.64. The molecule has 2 heteroatoms. The first kappa shape index (κ1) is 48.9. The number of nitrogens with zero attached hydrogens (tertiary/aromatic N) is 2. The van der Waals surface area contributed by atoms with E-state index in [0.29, 0.717) is 5.92 Å². The van der Waals surface area contributed by atoms with Gasteiger partial charge in [-0.1, -0.05) is 256 Å². The molecule has 5 atom stereocenters. The first-order chi connectivity index (χ1) is 41.5. The zero-order valence-electron chi connectivity index (χ0n) is 47.2. The van der Waals surface area contributed by atoms with Gasteiger partial charge in [0.05, 0.1) is 17.5 Å². The third-order valence-corrected chi connectivity index (χ3v) is 19.6. The second kappa shape index (κ2) is 19.4. The van der Waals surface area contributed by atoms with Gasteiger partial charge in [-0.25, -0.2) is 0 Å². The SMILES string of the molecule is CC1C=CC2=C(C1)C1(C3=C(C=CC(N4c5ccccc5C=Cc5ccccc54)C3)c3ccc(C=Cc4ccc5c(c4)Cc4ccccc4-c4ccccc4Cc4cc(N6c7ccccc7C=CC7C=CC=CC76)ccc4-5)cc31)c1ccccc12. The summed E-state index contributed by atoms with van der Waals surface area (Å²) < 4.78 is 0. The lowest BCUT2D eigenvalue weighted by Crippen LogP contribution is -2.37. The monoisotopic (exact) mass is 1070 g/mol. The number of allylic oxidation sites excluding steroid dienone is 8. The van der Waals surface area contributed by atoms with E-state index in [4.69, 9.17) is 0 Å². The fourth-order valence-electron chi connectivity index (χ4n) is 15.9. The molecule has 0 bridgehead atoms. The van der Waals surface area contributed by atoms with Crippen molar-refractivity contribution in [2.45, 2.75) is 50.1 Å². The van der Waals surface area contributed by atoms with Gasteiger partial charge in [0, 0.05) is 28.7 Å². The summed E-state index contributed by atoms with van der Waals surface area (Å²) >= 11 is 0. The Kier molecular flexibility index (Phi) is 11.3. The van der Waals surface area contributed by atoms with Gasteiger partial charge in [-0.3, -0.25) is 0 Å². The summed E-state index contributed by atoms with van der Waals surface area (Å²) in [6.07, 6.45) is 36.6. The summed E-state index contributed by atoms with van der Waals surface area (Å²) in [5.41, 5.74) is 32.8. The maximum Gasteiger partial charge on any atom is 0.0652 e. The van der Waals surface area contributed by atoms with Crippen LogP contribution in [0.15, 0.2) is 266 Å². The van der Waals surface area contributed by atoms with Crippen LogP contribution in [-0.2, 0) is 18.3 Å². The highest BCUT2D eigenvalue weighted by atomic mass is 15.2. The predicted molar refractivity (Wildman–Crippen MR) is 353 cm³/mol. The van der Waals surface area contributed by atoms with Crippen molar-refractivity contribution >= 4 is 64.3 Å². The van der Waals surface area contributed by atoms with Crippen LogP contribution in [0.4, 0.5) is 22.7 Å². The van der Waals surface area contributed by atoms with E-state index in [9.17, 15) is 0 Å². The van der Waals surface area contributed by atoms with Gasteiger partial charge in [0.25, 0.3) is 0 Å². The molecular weight excluding hydrogens is 1010 g/mol. The van der Waals surface area contributed by atoms with Crippen LogP contribution in [-0.4, -0.2) is 12.1 Å². The average molecular weight is 1080 g/mol. The van der Waals surface area contributed by atoms with Gasteiger partial charge in [0.2, 0.25) is 0 Å². The minimum Gasteiger partial charge on any atom is -0.333 e. The van der Waals surface area contributed by atoms with E-state index in [1.165, 1.54) is 134 Å². The van der Waals surface area contributed by atoms with Gasteiger partial charge in [-0.05, 0) is 185 Å². The molecule has 0 radical (unpaired) electrons. The topological polar surface area (TPSA) is 6.48 Å². The van der Waals surface area contributed by atoms with Crippen LogP contribution in [0.3, 0.4) is 0 Å². The molecule has 6 aliphatic carbocycles. The van der Waals surface area contributed by atoms with Gasteiger partial charge < -0.3 is 9.80 Å². The molecule has 9 aromatic rings. The van der Waals surface area contributed by atoms with E-state index in [1.807, 2.05) is 0 Å². The third kappa shape index (κ3) is 7.63. The Labute approximate surface area is 493 Å². The lowest BCUT2D eigenvalue weighted by molar-refractivity contribution is 0.592. The summed E-state index contributed by atoms with van der Waals surface area (Å²) in [7, 11) is 0. The molecule has 400 valence electrons. The third-order valence-electron chi connectivity index (χ3n) is 19.6. The molecule has 0 fully saturated rings. The number of hydrogen-bond donors (Lipinski definition) is 0. The number of rotatable bonds is 4. The summed E-state index contributed by atoms with van der Waals surface area (Å²) in [6, 6.07) is 76.5. The molecule has 84 heavy (non-hydrogen) atoms. The summed E-state index contributed by atoms with van der Waals surface area (Å²) in [5, 5.41) is 0. The first-order valence-electron chi connectivity index (χ1n) is 30.3. The van der Waals surface area contributed by atoms with E-state index in [0.717, 1.165) is 25.7 Å². The van der Waals surface area contributed by atoms with Gasteiger partial charge in [0.15, 0.2) is 0 Å². The van der Waals surface area contributed by atoms with E-state index < -0.39 is 0 Å². The van der Waals surface area contributed by atoms with Crippen molar-refractivity contribution in [3.63, 3.8) is 0 Å². The fourth-order valence-corrected chi connectivity index (χ4v) is 15.9. The van der Waals surface area contributed by atoms with Crippen LogP contribution in [0.2, 0.25) is 0 Å². The zero-order valence-corrected chi connectivity index (χ0v) is 47.2. The van der Waals surface area contributed by atoms with Crippen molar-refractivity contribution in [2.24, 2.45) is 11.8 Å². The zero-order chi connectivity index (χ0) is 55.5. The van der Waals surface area contributed by atoms with E-state index in [1.54, 1.807) is 5.57 Å². The van der Waals surface area contributed by atoms with Gasteiger partial charge in [-0.2, -0.15) is 0 Å². The Bertz CT molecular complexity index is 4510. The maximum atomic E-state index is 2.63. The van der Waals surface area contributed by atoms with Crippen LogP contribution in [0, 0.1) is 11.8 Å². The quantitative estimate of drug-likeness (QED) is 0.162. The Hall–Kier alpha value is -9.76. The maximum absolute atomic E-state index is 2.63. The number of benzene rings is 9. The highest BCUT2D eigenvalue weighted by Crippen LogP contribution is 2.65. The molecular formula is C82H62N2. The minimum absolute atomic E-state index is 0.112. The Morgan fingerprint density at radius 1 is 0.393 bits per heavy atom. The smallest absolute Gasteiger partial charge is 0.0652 e. The standard InChI is InChI=1S/C82H62N2/c1-53-30-41-71-70-24-10-11-25-74(70)82(75(71)46-53)76-48-55(34-43-72(76)73-45-40-65(52-77(73)82)84-80-28-14-6-18-58(80)37-38-59-19-7-15-29-81(59)84)32-31-54-33-42-68-62(47-54)49-60-20-2-8-22-66(60)67-23-9-3-21-61(67)50-63-51-64(39-44-69(63)68)83-78-26-12-4-16-56(78)35-36-57-17-5-13-27-79(57)83/h2-45,47-48,51,53,56,65,78H,46,49-50,52H2,1H3. The van der Waals surface area contributed by atoms with Gasteiger partial charge >= 0.3 is 0 Å². The fraction of sp³-hybridized carbons (Fsp3) is 0.122. The number of fused-ring (bicyclic) bond motifs is 18. The molecule has 8 aliphatic rings. The van der Waals surface area contributed by atoms with Crippen LogP contribution < -0.4 is 9.80 Å². The predicted octanol–water partition coefficient (Wildman–Crippen LogP) is 20.0. The van der Waals surface area contributed by atoms with Gasteiger partial charge in [-0.15, -0.1) is 0 Å². The van der Waals surface area contributed by atoms with Crippen LogP contribution in [0.1, 0.15) is 92.1 Å². The minimum atomic E-state index is -0.385. The van der Waals surface area contributed by atoms with Crippen molar-refractivity contribution in [2.75, 3.05) is 9.80 Å². The normalized spacial score (nSPS) is 21.5. The van der Waals surface area contributed by atoms with E-state index in [-0.39, 0.29) is 23.4 Å². The van der Waals surface area contributed by atoms with Crippen LogP contribution >= 0.6 is 0 Å². The molecule has 5 unspecified atom stereocenters. The van der Waals surface area contributed by atoms with Crippen molar-refractivity contribution in [3.8, 4) is 22.3 Å². The van der Waals surface area contributed by atoms with Crippen LogP contribution in [0.25, 0.3) is 63.8 Å². The van der Waals surface area contributed by atoms with E-state index >= 15 is 0 Å². The average Bonchev–Trinajstić information content (AvgIpc) is 1.54. The summed E-state index contributed by atoms with van der Waals surface area (Å²) in [4.78, 5) is 5.21.